The van der Waals surface area contributed by atoms with E-state index in [-0.39, 0.29) is 0 Å². The van der Waals surface area contributed by atoms with Crippen LogP contribution < -0.4 is 0 Å². The van der Waals surface area contributed by atoms with Gasteiger partial charge in [0, 0.05) is 0 Å². The van der Waals surface area contributed by atoms with Crippen molar-refractivity contribution in [2.24, 2.45) is 0 Å². The quantitative estimate of drug-likeness (QED) is 0.386. The fourth-order valence-electron chi connectivity index (χ4n) is 0. The molecule has 0 aliphatic carbocycles. The van der Waals surface area contributed by atoms with Crippen molar-refractivity contribution in [2.45, 2.75) is 0 Å². The molecule has 0 heterocycles. The van der Waals surface area contributed by atoms with Crippen molar-refractivity contribution in [3.63, 3.8) is 0 Å². The molecule has 0 radical (unpaired) electrons. The van der Waals surface area contributed by atoms with Gasteiger partial charge in [-0.25, -0.2) is 0 Å². The molecule has 0 rings (SSSR count). The molecule has 0 aromatic heterocycles. The summed E-state index contributed by atoms with van der Waals surface area (Å²) in [5.74, 6) is 0. The van der Waals surface area contributed by atoms with Crippen LogP contribution in [0.15, 0.2) is 0 Å². The topological polar surface area (TPSA) is 40.5 Å². The molecule has 2 nitrogen and oxygen atoms in total. The maximum atomic E-state index is 8.06. The zero-order valence-corrected chi connectivity index (χ0v) is 1.89. The van der Waals surface area contributed by atoms with Gasteiger partial charge in [-0.05, 0) is 0 Å². The average Bonchev–Trinajstić information content (AvgIpc) is 1.25. The van der Waals surface area contributed by atoms with Crippen molar-refractivity contribution in [1.82, 2.24) is 0 Å². The Morgan fingerprint density at radius 3 is 1.75 bits per heavy atom. The second-order valence-corrected chi connectivity index (χ2v) is 0.224. The van der Waals surface area contributed by atoms with E-state index in [1.165, 1.54) is 0 Å². The maximum absolute atomic E-state index is 8.06. The minimum Gasteiger partial charge on any atom is -0.394 e. The van der Waals surface area contributed by atoms with E-state index in [1.54, 1.807) is 0 Å². The summed E-state index contributed by atoms with van der Waals surface area (Å²) in [6, 6.07) is 0. The van der Waals surface area contributed by atoms with E-state index in [0.717, 1.165) is 0 Å². The molecule has 0 aliphatic heterocycles. The third-order valence-electron chi connectivity index (χ3n) is 0.0500. The molecule has 0 aliphatic rings. The van der Waals surface area contributed by atoms with Crippen LogP contribution in [0.4, 0.5) is 0 Å². The van der Waals surface area contributed by atoms with Gasteiger partial charge < -0.3 is 10.2 Å². The molecule has 0 aromatic carbocycles. The Labute approximate surface area is 30.3 Å². The average molecular weight is 68.1 g/mol. The second-order valence-electron chi connectivity index (χ2n) is 0.224. The van der Waals surface area contributed by atoms with Crippen LogP contribution in [-0.4, -0.2) is 23.3 Å². The van der Waals surface area contributed by atoms with Crippen LogP contribution in [0.25, 0.3) is 0 Å². The van der Waals surface area contributed by atoms with Gasteiger partial charge >= 0.3 is 0 Å². The van der Waals surface area contributed by atoms with Crippen LogP contribution in [-0.2, 0) is 0 Å². The van der Waals surface area contributed by atoms with Gasteiger partial charge in [-0.3, -0.25) is 0 Å². The molecule has 26 valence electrons. The molecule has 2 heteroatoms. The summed E-state index contributed by atoms with van der Waals surface area (Å²) in [6.07, 6.45) is 0. The minimum atomic E-state index is -3.17. The smallest absolute Gasteiger partial charge is 0.0662 e. The fourth-order valence-corrected chi connectivity index (χ4v) is 0. The molecule has 0 fully saturated rings. The Hall–Kier alpha value is -0.0800. The van der Waals surface area contributed by atoms with E-state index < -0.39 is 13.1 Å². The van der Waals surface area contributed by atoms with Crippen molar-refractivity contribution in [2.75, 3.05) is 13.1 Å². The van der Waals surface area contributed by atoms with Crippen LogP contribution in [0.5, 0.6) is 0 Å². The summed E-state index contributed by atoms with van der Waals surface area (Å²) in [6.45, 7) is -6.35. The molecule has 0 aromatic rings. The van der Waals surface area contributed by atoms with Crippen molar-refractivity contribution >= 4 is 0 Å². The lowest BCUT2D eigenvalue weighted by Crippen LogP contribution is -1.85. The molecule has 0 unspecified atom stereocenters. The van der Waals surface area contributed by atoms with Gasteiger partial charge in [-0.1, -0.05) is 0 Å². The SMILES string of the molecule is [2H][13C]([2H])(O)[13C]([2H])([2H])O. The molecule has 2 N–H and O–H groups in total. The predicted octanol–water partition coefficient (Wildman–Crippen LogP) is -1.03. The summed E-state index contributed by atoms with van der Waals surface area (Å²) in [7, 11) is 0. The monoisotopic (exact) mass is 68.1 g/mol. The van der Waals surface area contributed by atoms with Crippen LogP contribution in [0.2, 0.25) is 0 Å². The largest absolute Gasteiger partial charge is 0.394 e. The fraction of sp³-hybridized carbons (Fsp3) is 1.00. The van der Waals surface area contributed by atoms with Gasteiger partial charge in [-0.15, -0.1) is 0 Å². The molecule has 0 bridgehead atoms. The first-order valence-corrected chi connectivity index (χ1v) is 0.697. The zero-order chi connectivity index (χ0) is 7.00. The van der Waals surface area contributed by atoms with Gasteiger partial charge in [0.05, 0.1) is 18.6 Å². The highest BCUT2D eigenvalue weighted by Gasteiger charge is 1.58. The lowest BCUT2D eigenvalue weighted by Gasteiger charge is -1.70. The number of aliphatic hydroxyl groups is 2. The Balaban J connectivity index is 4.02. The Morgan fingerprint density at radius 2 is 1.75 bits per heavy atom. The lowest BCUT2D eigenvalue weighted by atomic mass is 11.8. The highest BCUT2D eigenvalue weighted by atomic mass is 16.4. The predicted molar refractivity (Wildman–Crippen MR) is 14.2 cm³/mol. The van der Waals surface area contributed by atoms with E-state index in [9.17, 15) is 0 Å². The molecular formula is C2H6O2. The third kappa shape index (κ3) is 1.92. The first kappa shape index (κ1) is 0.698. The van der Waals surface area contributed by atoms with Crippen LogP contribution in [0.3, 0.4) is 0 Å². The summed E-state index contributed by atoms with van der Waals surface area (Å²) < 4.78 is 24.7. The third-order valence-corrected chi connectivity index (χ3v) is 0.0500. The van der Waals surface area contributed by atoms with Gasteiger partial charge in [0.2, 0.25) is 0 Å². The molecular weight excluding hydrogens is 58.0 g/mol. The van der Waals surface area contributed by atoms with Crippen LogP contribution >= 0.6 is 0 Å². The number of hydrogen-bond acceptors (Lipinski definition) is 2. The standard InChI is InChI=1S/C2H6O2/c3-1-2-4/h3-4H,1-2H2/i1+1D2,2+1D2. The number of rotatable bonds is 1. The normalized spacial score (nSPS) is 29.5. The van der Waals surface area contributed by atoms with Crippen molar-refractivity contribution in [1.29, 1.82) is 0 Å². The van der Waals surface area contributed by atoms with Gasteiger partial charge in [-0.2, -0.15) is 0 Å². The van der Waals surface area contributed by atoms with E-state index in [1.807, 2.05) is 0 Å². The zero-order valence-electron chi connectivity index (χ0n) is 5.89. The van der Waals surface area contributed by atoms with Gasteiger partial charge in [0.15, 0.2) is 0 Å². The van der Waals surface area contributed by atoms with Crippen molar-refractivity contribution in [3.05, 3.63) is 0 Å². The maximum Gasteiger partial charge on any atom is 0.0662 e. The highest BCUT2D eigenvalue weighted by molar-refractivity contribution is 4.06. The van der Waals surface area contributed by atoms with Gasteiger partial charge in [0.1, 0.15) is 0 Å². The van der Waals surface area contributed by atoms with Crippen LogP contribution in [0.1, 0.15) is 5.48 Å². The first-order chi connectivity index (χ1) is 3.25. The van der Waals surface area contributed by atoms with Crippen molar-refractivity contribution in [3.8, 4) is 0 Å². The van der Waals surface area contributed by atoms with E-state index in [4.69, 9.17) is 15.7 Å². The van der Waals surface area contributed by atoms with Crippen molar-refractivity contribution < 1.29 is 15.7 Å². The Bertz CT molecular complexity index is 67.0. The molecule has 0 saturated heterocycles. The first-order valence-electron chi connectivity index (χ1n) is 2.70. The molecule has 0 atom stereocenters. The lowest BCUT2D eigenvalue weighted by molar-refractivity contribution is 0.186. The van der Waals surface area contributed by atoms with E-state index in [0.29, 0.717) is 0 Å². The summed E-state index contributed by atoms with van der Waals surface area (Å²) >= 11 is 0. The summed E-state index contributed by atoms with van der Waals surface area (Å²) in [5, 5.41) is 16.1. The Morgan fingerprint density at radius 1 is 1.50 bits per heavy atom. The van der Waals surface area contributed by atoms with E-state index >= 15 is 0 Å². The molecule has 4 heavy (non-hydrogen) atoms. The summed E-state index contributed by atoms with van der Waals surface area (Å²) in [4.78, 5) is 0. The van der Waals surface area contributed by atoms with Gasteiger partial charge in [0.25, 0.3) is 0 Å². The molecule has 0 spiro atoms. The molecule has 0 amide bonds. The highest BCUT2D eigenvalue weighted by Crippen LogP contribution is 1.39. The number of hydrogen-bond donors (Lipinski definition) is 2. The van der Waals surface area contributed by atoms with Crippen LogP contribution in [0, 0.1) is 0 Å². The second kappa shape index (κ2) is 2.92. The van der Waals surface area contributed by atoms with E-state index in [2.05, 4.69) is 0 Å². The minimum absolute atomic E-state index is 3.17. The Kier molecular flexibility index (Phi) is 0.510. The summed E-state index contributed by atoms with van der Waals surface area (Å²) in [5.41, 5.74) is 0. The molecule has 0 saturated carbocycles.